The van der Waals surface area contributed by atoms with Crippen molar-refractivity contribution in [2.75, 3.05) is 26.0 Å². The molecule has 0 saturated carbocycles. The fraction of sp³-hybridized carbons (Fsp3) is 0.316. The predicted molar refractivity (Wildman–Crippen MR) is 99.1 cm³/mol. The van der Waals surface area contributed by atoms with Crippen molar-refractivity contribution >= 4 is 17.7 Å². The van der Waals surface area contributed by atoms with E-state index in [-0.39, 0.29) is 5.91 Å². The third-order valence-corrected chi connectivity index (χ3v) is 4.40. The molecule has 1 N–H and O–H groups in total. The molecule has 0 saturated heterocycles. The van der Waals surface area contributed by atoms with Gasteiger partial charge >= 0.3 is 0 Å². The van der Waals surface area contributed by atoms with Gasteiger partial charge in [0, 0.05) is 23.6 Å². The molecule has 0 atom stereocenters. The molecule has 0 radical (unpaired) electrons. The number of benzene rings is 2. The molecule has 0 fully saturated rings. The van der Waals surface area contributed by atoms with Gasteiger partial charge in [0.15, 0.2) is 11.5 Å². The molecule has 0 bridgehead atoms. The Morgan fingerprint density at radius 2 is 1.92 bits per heavy atom. The second-order valence-electron chi connectivity index (χ2n) is 5.09. The van der Waals surface area contributed by atoms with Crippen LogP contribution in [0.4, 0.5) is 0 Å². The minimum Gasteiger partial charge on any atom is -0.493 e. The monoisotopic (exact) mass is 345 g/mol. The van der Waals surface area contributed by atoms with Crippen molar-refractivity contribution in [2.45, 2.75) is 12.7 Å². The zero-order chi connectivity index (χ0) is 17.2. The summed E-state index contributed by atoms with van der Waals surface area (Å²) < 4.78 is 10.7. The van der Waals surface area contributed by atoms with Crippen molar-refractivity contribution in [3.8, 4) is 11.5 Å². The van der Waals surface area contributed by atoms with Crippen LogP contribution in [0.2, 0.25) is 0 Å². The van der Waals surface area contributed by atoms with Gasteiger partial charge in [0.2, 0.25) is 0 Å². The topological polar surface area (TPSA) is 47.6 Å². The summed E-state index contributed by atoms with van der Waals surface area (Å²) in [5.74, 6) is 2.94. The zero-order valence-corrected chi connectivity index (χ0v) is 14.9. The van der Waals surface area contributed by atoms with Crippen LogP contribution in [0.1, 0.15) is 22.8 Å². The lowest BCUT2D eigenvalue weighted by molar-refractivity contribution is 0.0955. The van der Waals surface area contributed by atoms with Gasteiger partial charge in [-0.15, -0.1) is 0 Å². The van der Waals surface area contributed by atoms with Crippen LogP contribution in [0, 0.1) is 0 Å². The van der Waals surface area contributed by atoms with Gasteiger partial charge in [0.05, 0.1) is 13.7 Å². The third kappa shape index (κ3) is 5.49. The maximum absolute atomic E-state index is 12.2. The van der Waals surface area contributed by atoms with E-state index in [4.69, 9.17) is 9.47 Å². The quantitative estimate of drug-likeness (QED) is 0.703. The number of carbonyl (C=O) groups is 1. The second-order valence-corrected chi connectivity index (χ2v) is 6.20. The van der Waals surface area contributed by atoms with Crippen molar-refractivity contribution < 1.29 is 14.3 Å². The van der Waals surface area contributed by atoms with Crippen molar-refractivity contribution in [2.24, 2.45) is 0 Å². The van der Waals surface area contributed by atoms with Crippen LogP contribution < -0.4 is 14.8 Å². The molecule has 0 aliphatic heterocycles. The Hall–Kier alpha value is -2.14. The summed E-state index contributed by atoms with van der Waals surface area (Å²) in [4.78, 5) is 12.2. The number of methoxy groups -OCH3 is 1. The van der Waals surface area contributed by atoms with Gasteiger partial charge in [0.1, 0.15) is 0 Å². The predicted octanol–water partition coefficient (Wildman–Crippen LogP) is 3.76. The molecule has 2 aromatic rings. The van der Waals surface area contributed by atoms with E-state index < -0.39 is 0 Å². The molecule has 5 heteroatoms. The molecule has 1 amide bonds. The van der Waals surface area contributed by atoms with Gasteiger partial charge in [0.25, 0.3) is 5.91 Å². The van der Waals surface area contributed by atoms with Gasteiger partial charge in [-0.2, -0.15) is 11.8 Å². The SMILES string of the molecule is CCOc1ccc(C(=O)NCCSCc2ccccc2)cc1OC. The summed E-state index contributed by atoms with van der Waals surface area (Å²) in [6, 6.07) is 15.5. The van der Waals surface area contributed by atoms with E-state index in [1.54, 1.807) is 37.1 Å². The summed E-state index contributed by atoms with van der Waals surface area (Å²) in [6.07, 6.45) is 0. The molecule has 0 spiro atoms. The molecule has 2 rings (SSSR count). The molecular formula is C19H23NO3S. The number of hydrogen-bond acceptors (Lipinski definition) is 4. The van der Waals surface area contributed by atoms with Crippen molar-refractivity contribution in [1.29, 1.82) is 0 Å². The van der Waals surface area contributed by atoms with Crippen molar-refractivity contribution in [1.82, 2.24) is 5.32 Å². The Morgan fingerprint density at radius 3 is 2.62 bits per heavy atom. The maximum atomic E-state index is 12.2. The molecule has 0 aliphatic carbocycles. The average molecular weight is 345 g/mol. The fourth-order valence-electron chi connectivity index (χ4n) is 2.19. The van der Waals surface area contributed by atoms with Crippen molar-refractivity contribution in [3.63, 3.8) is 0 Å². The van der Waals surface area contributed by atoms with Crippen LogP contribution in [0.3, 0.4) is 0 Å². The number of nitrogens with one attached hydrogen (secondary N) is 1. The van der Waals surface area contributed by atoms with E-state index >= 15 is 0 Å². The molecule has 24 heavy (non-hydrogen) atoms. The first-order chi connectivity index (χ1) is 11.7. The third-order valence-electron chi connectivity index (χ3n) is 3.37. The Bertz CT molecular complexity index is 646. The number of thioether (sulfide) groups is 1. The summed E-state index contributed by atoms with van der Waals surface area (Å²) in [6.45, 7) is 3.10. The molecule has 0 aliphatic rings. The summed E-state index contributed by atoms with van der Waals surface area (Å²) in [5.41, 5.74) is 1.87. The highest BCUT2D eigenvalue weighted by Crippen LogP contribution is 2.27. The minimum absolute atomic E-state index is 0.100. The first-order valence-electron chi connectivity index (χ1n) is 7.95. The first-order valence-corrected chi connectivity index (χ1v) is 9.10. The van der Waals surface area contributed by atoms with Crippen LogP contribution in [0.5, 0.6) is 11.5 Å². The summed E-state index contributed by atoms with van der Waals surface area (Å²) in [5, 5.41) is 2.93. The average Bonchev–Trinajstić information content (AvgIpc) is 2.62. The van der Waals surface area contributed by atoms with Crippen LogP contribution in [0.25, 0.3) is 0 Å². The molecule has 2 aromatic carbocycles. The first kappa shape index (κ1) is 18.2. The van der Waals surface area contributed by atoms with E-state index in [9.17, 15) is 4.79 Å². The number of carbonyl (C=O) groups excluding carboxylic acids is 1. The molecule has 4 nitrogen and oxygen atoms in total. The number of ether oxygens (including phenoxy) is 2. The molecular weight excluding hydrogens is 322 g/mol. The van der Waals surface area contributed by atoms with E-state index in [2.05, 4.69) is 17.4 Å². The van der Waals surface area contributed by atoms with Crippen LogP contribution >= 0.6 is 11.8 Å². The van der Waals surface area contributed by atoms with Crippen LogP contribution in [-0.4, -0.2) is 31.9 Å². The standard InChI is InChI=1S/C19H23NO3S/c1-3-23-17-10-9-16(13-18(17)22-2)19(21)20-11-12-24-14-15-7-5-4-6-8-15/h4-10,13H,3,11-12,14H2,1-2H3,(H,20,21). The minimum atomic E-state index is -0.100. The second kappa shape index (κ2) is 9.88. The lowest BCUT2D eigenvalue weighted by atomic mass is 10.2. The highest BCUT2D eigenvalue weighted by molar-refractivity contribution is 7.98. The zero-order valence-electron chi connectivity index (χ0n) is 14.1. The van der Waals surface area contributed by atoms with E-state index in [0.29, 0.717) is 30.2 Å². The Balaban J connectivity index is 1.78. The smallest absolute Gasteiger partial charge is 0.251 e. The van der Waals surface area contributed by atoms with Crippen LogP contribution in [0.15, 0.2) is 48.5 Å². The number of hydrogen-bond donors (Lipinski definition) is 1. The van der Waals surface area contributed by atoms with Gasteiger partial charge in [-0.05, 0) is 30.7 Å². The molecule has 128 valence electrons. The number of rotatable bonds is 9. The highest BCUT2D eigenvalue weighted by Gasteiger charge is 2.10. The highest BCUT2D eigenvalue weighted by atomic mass is 32.2. The van der Waals surface area contributed by atoms with Crippen LogP contribution in [-0.2, 0) is 5.75 Å². The van der Waals surface area contributed by atoms with Gasteiger partial charge < -0.3 is 14.8 Å². The van der Waals surface area contributed by atoms with Gasteiger partial charge in [-0.1, -0.05) is 30.3 Å². The number of amides is 1. The van der Waals surface area contributed by atoms with Gasteiger partial charge in [-0.25, -0.2) is 0 Å². The Kier molecular flexibility index (Phi) is 7.49. The Labute approximate surface area is 147 Å². The summed E-state index contributed by atoms with van der Waals surface area (Å²) in [7, 11) is 1.57. The van der Waals surface area contributed by atoms with Gasteiger partial charge in [-0.3, -0.25) is 4.79 Å². The maximum Gasteiger partial charge on any atom is 0.251 e. The normalized spacial score (nSPS) is 10.2. The molecule has 0 unspecified atom stereocenters. The lowest BCUT2D eigenvalue weighted by Gasteiger charge is -2.11. The Morgan fingerprint density at radius 1 is 1.12 bits per heavy atom. The van der Waals surface area contributed by atoms with Crippen molar-refractivity contribution in [3.05, 3.63) is 59.7 Å². The largest absolute Gasteiger partial charge is 0.493 e. The molecule has 0 heterocycles. The van der Waals surface area contributed by atoms with E-state index in [1.165, 1.54) is 5.56 Å². The lowest BCUT2D eigenvalue weighted by Crippen LogP contribution is -2.25. The van der Waals surface area contributed by atoms with E-state index in [0.717, 1.165) is 11.5 Å². The summed E-state index contributed by atoms with van der Waals surface area (Å²) >= 11 is 1.80. The molecule has 0 aromatic heterocycles. The van der Waals surface area contributed by atoms with E-state index in [1.807, 2.05) is 25.1 Å². The fourth-order valence-corrected chi connectivity index (χ4v) is 3.01.